The summed E-state index contributed by atoms with van der Waals surface area (Å²) in [4.78, 5) is 14.7. The highest BCUT2D eigenvalue weighted by Crippen LogP contribution is 2.12. The number of benzene rings is 1. The van der Waals surface area contributed by atoms with Crippen molar-refractivity contribution >= 4 is 35.8 Å². The molecule has 0 spiro atoms. The molecule has 0 aliphatic carbocycles. The number of nitrogens with one attached hydrogen (secondary N) is 2. The summed E-state index contributed by atoms with van der Waals surface area (Å²) in [5.74, 6) is 0.799. The van der Waals surface area contributed by atoms with Crippen molar-refractivity contribution in [2.75, 3.05) is 20.2 Å². The molecule has 0 radical (unpaired) electrons. The number of guanidine groups is 1. The number of amides is 1. The average molecular weight is 404 g/mol. The molecule has 1 amide bonds. The first-order valence-corrected chi connectivity index (χ1v) is 6.21. The molecule has 0 aliphatic rings. The van der Waals surface area contributed by atoms with Crippen LogP contribution in [0.15, 0.2) is 41.9 Å². The molecule has 21 heavy (non-hydrogen) atoms. The maximum atomic E-state index is 10.7. The van der Waals surface area contributed by atoms with Crippen molar-refractivity contribution in [3.05, 3.63) is 42.5 Å². The van der Waals surface area contributed by atoms with Crippen LogP contribution in [0.5, 0.6) is 5.75 Å². The summed E-state index contributed by atoms with van der Waals surface area (Å²) in [7, 11) is 1.70. The maximum Gasteiger partial charge on any atom is 0.255 e. The lowest BCUT2D eigenvalue weighted by atomic mass is 10.2. The molecule has 0 aromatic heterocycles. The first-order valence-electron chi connectivity index (χ1n) is 6.21. The molecule has 116 valence electrons. The summed E-state index contributed by atoms with van der Waals surface area (Å²) >= 11 is 0. The highest BCUT2D eigenvalue weighted by Gasteiger charge is 2.01. The SMILES string of the molecule is C=CCNC(=NC)NCc1cccc(OCC(N)=O)c1.I. The Kier molecular flexibility index (Phi) is 10.0. The quantitative estimate of drug-likeness (QED) is 0.274. The Hall–Kier alpha value is -1.77. The predicted molar refractivity (Wildman–Crippen MR) is 94.9 cm³/mol. The van der Waals surface area contributed by atoms with Crippen molar-refractivity contribution in [3.8, 4) is 5.75 Å². The molecule has 0 heterocycles. The topological polar surface area (TPSA) is 88.7 Å². The fraction of sp³-hybridized carbons (Fsp3) is 0.286. The van der Waals surface area contributed by atoms with E-state index in [1.54, 1.807) is 19.2 Å². The fourth-order valence-electron chi connectivity index (χ4n) is 1.47. The van der Waals surface area contributed by atoms with E-state index in [9.17, 15) is 4.79 Å². The third-order valence-corrected chi connectivity index (χ3v) is 2.38. The van der Waals surface area contributed by atoms with E-state index in [0.29, 0.717) is 24.8 Å². The van der Waals surface area contributed by atoms with Gasteiger partial charge in [-0.05, 0) is 17.7 Å². The van der Waals surface area contributed by atoms with Crippen LogP contribution < -0.4 is 21.1 Å². The third kappa shape index (κ3) is 8.18. The van der Waals surface area contributed by atoms with Crippen LogP contribution in [-0.2, 0) is 11.3 Å². The van der Waals surface area contributed by atoms with Gasteiger partial charge in [0, 0.05) is 20.1 Å². The van der Waals surface area contributed by atoms with Crippen LogP contribution in [0, 0.1) is 0 Å². The number of rotatable bonds is 7. The van der Waals surface area contributed by atoms with Gasteiger partial charge in [0.25, 0.3) is 5.91 Å². The van der Waals surface area contributed by atoms with Gasteiger partial charge in [0.2, 0.25) is 0 Å². The highest BCUT2D eigenvalue weighted by atomic mass is 127. The van der Waals surface area contributed by atoms with E-state index in [1.807, 2.05) is 18.2 Å². The summed E-state index contributed by atoms with van der Waals surface area (Å²) in [5, 5.41) is 6.23. The van der Waals surface area contributed by atoms with Crippen molar-refractivity contribution < 1.29 is 9.53 Å². The van der Waals surface area contributed by atoms with E-state index < -0.39 is 5.91 Å². The minimum Gasteiger partial charge on any atom is -0.484 e. The van der Waals surface area contributed by atoms with Crippen molar-refractivity contribution in [3.63, 3.8) is 0 Å². The molecule has 0 fully saturated rings. The lowest BCUT2D eigenvalue weighted by Crippen LogP contribution is -2.36. The Bertz CT molecular complexity index is 492. The second kappa shape index (κ2) is 11.0. The van der Waals surface area contributed by atoms with E-state index in [0.717, 1.165) is 5.56 Å². The predicted octanol–water partition coefficient (Wildman–Crippen LogP) is 1.02. The zero-order chi connectivity index (χ0) is 14.8. The molecule has 0 saturated carbocycles. The summed E-state index contributed by atoms with van der Waals surface area (Å²) < 4.78 is 5.24. The van der Waals surface area contributed by atoms with Crippen molar-refractivity contribution in [1.82, 2.24) is 10.6 Å². The maximum absolute atomic E-state index is 10.7. The van der Waals surface area contributed by atoms with E-state index in [-0.39, 0.29) is 30.6 Å². The first-order chi connectivity index (χ1) is 9.65. The highest BCUT2D eigenvalue weighted by molar-refractivity contribution is 14.0. The number of hydrogen-bond donors (Lipinski definition) is 3. The number of carbonyl (C=O) groups excluding carboxylic acids is 1. The molecule has 0 atom stereocenters. The van der Waals surface area contributed by atoms with Gasteiger partial charge in [-0.1, -0.05) is 18.2 Å². The van der Waals surface area contributed by atoms with Gasteiger partial charge in [-0.15, -0.1) is 30.6 Å². The zero-order valence-corrected chi connectivity index (χ0v) is 14.3. The zero-order valence-electron chi connectivity index (χ0n) is 12.0. The normalized spacial score (nSPS) is 10.2. The van der Waals surface area contributed by atoms with Crippen LogP contribution >= 0.6 is 24.0 Å². The van der Waals surface area contributed by atoms with Crippen LogP contribution in [0.25, 0.3) is 0 Å². The number of halogens is 1. The molecule has 0 saturated heterocycles. The second-order valence-electron chi connectivity index (χ2n) is 4.00. The van der Waals surface area contributed by atoms with Crippen LogP contribution in [0.3, 0.4) is 0 Å². The molecule has 0 bridgehead atoms. The lowest BCUT2D eigenvalue weighted by Gasteiger charge is -2.11. The van der Waals surface area contributed by atoms with E-state index in [1.165, 1.54) is 0 Å². The Morgan fingerprint density at radius 3 is 2.86 bits per heavy atom. The monoisotopic (exact) mass is 404 g/mol. The number of ether oxygens (including phenoxy) is 1. The van der Waals surface area contributed by atoms with E-state index >= 15 is 0 Å². The van der Waals surface area contributed by atoms with Crippen LogP contribution in [0.4, 0.5) is 0 Å². The number of primary amides is 1. The minimum atomic E-state index is -0.498. The molecule has 1 rings (SSSR count). The number of carbonyl (C=O) groups is 1. The van der Waals surface area contributed by atoms with Gasteiger partial charge in [-0.25, -0.2) is 0 Å². The Balaban J connectivity index is 0.00000400. The Morgan fingerprint density at radius 1 is 1.48 bits per heavy atom. The molecule has 0 aliphatic heterocycles. The van der Waals surface area contributed by atoms with Crippen LogP contribution in [0.1, 0.15) is 5.56 Å². The lowest BCUT2D eigenvalue weighted by molar-refractivity contribution is -0.119. The number of nitrogens with two attached hydrogens (primary N) is 1. The number of nitrogens with zero attached hydrogens (tertiary/aromatic N) is 1. The van der Waals surface area contributed by atoms with Gasteiger partial charge in [0.05, 0.1) is 0 Å². The van der Waals surface area contributed by atoms with Gasteiger partial charge >= 0.3 is 0 Å². The molecular formula is C14H21IN4O2. The summed E-state index contributed by atoms with van der Waals surface area (Å²) in [6.45, 7) is 4.73. The first kappa shape index (κ1) is 19.2. The van der Waals surface area contributed by atoms with E-state index in [4.69, 9.17) is 10.5 Å². The van der Waals surface area contributed by atoms with Gasteiger partial charge in [0.15, 0.2) is 12.6 Å². The molecule has 6 nitrogen and oxygen atoms in total. The van der Waals surface area contributed by atoms with Crippen molar-refractivity contribution in [1.29, 1.82) is 0 Å². The average Bonchev–Trinajstić information content (AvgIpc) is 2.46. The van der Waals surface area contributed by atoms with Gasteiger partial charge < -0.3 is 21.1 Å². The minimum absolute atomic E-state index is 0. The van der Waals surface area contributed by atoms with Gasteiger partial charge in [-0.3, -0.25) is 9.79 Å². The largest absolute Gasteiger partial charge is 0.484 e. The molecule has 1 aromatic carbocycles. The molecule has 1 aromatic rings. The van der Waals surface area contributed by atoms with Gasteiger partial charge in [0.1, 0.15) is 5.75 Å². The Labute approximate surface area is 141 Å². The molecule has 7 heteroatoms. The summed E-state index contributed by atoms with van der Waals surface area (Å²) in [6, 6.07) is 7.42. The fourth-order valence-corrected chi connectivity index (χ4v) is 1.47. The molecule has 0 unspecified atom stereocenters. The summed E-state index contributed by atoms with van der Waals surface area (Å²) in [6.07, 6.45) is 1.76. The molecule has 4 N–H and O–H groups in total. The van der Waals surface area contributed by atoms with Crippen LogP contribution in [0.2, 0.25) is 0 Å². The van der Waals surface area contributed by atoms with E-state index in [2.05, 4.69) is 22.2 Å². The van der Waals surface area contributed by atoms with Crippen molar-refractivity contribution in [2.45, 2.75) is 6.54 Å². The summed E-state index contributed by atoms with van der Waals surface area (Å²) in [5.41, 5.74) is 6.04. The number of aliphatic imine (C=N–C) groups is 1. The van der Waals surface area contributed by atoms with Crippen molar-refractivity contribution in [2.24, 2.45) is 10.7 Å². The smallest absolute Gasteiger partial charge is 0.255 e. The third-order valence-electron chi connectivity index (χ3n) is 2.38. The van der Waals surface area contributed by atoms with Gasteiger partial charge in [-0.2, -0.15) is 0 Å². The number of hydrogen-bond acceptors (Lipinski definition) is 3. The molecular weight excluding hydrogens is 383 g/mol. The van der Waals surface area contributed by atoms with Crippen LogP contribution in [-0.4, -0.2) is 32.1 Å². The second-order valence-corrected chi connectivity index (χ2v) is 4.00. The standard InChI is InChI=1S/C14H20N4O2.HI/c1-3-7-17-14(16-2)18-9-11-5-4-6-12(8-11)20-10-13(15)19;/h3-6,8H,1,7,9-10H2,2H3,(H2,15,19)(H2,16,17,18);1H. The Morgan fingerprint density at radius 2 is 2.24 bits per heavy atom.